The molecular weight excluding hydrogens is 323 g/mol. The van der Waals surface area contributed by atoms with Gasteiger partial charge in [-0.2, -0.15) is 4.98 Å². The van der Waals surface area contributed by atoms with Crippen molar-refractivity contribution in [1.82, 2.24) is 20.0 Å². The van der Waals surface area contributed by atoms with Gasteiger partial charge < -0.3 is 9.42 Å². The Kier molecular flexibility index (Phi) is 3.97. The molecule has 1 aliphatic heterocycles. The Morgan fingerprint density at radius 3 is 2.96 bits per heavy atom. The molecule has 2 aromatic heterocycles. The number of halogens is 1. The molecule has 1 amide bonds. The van der Waals surface area contributed by atoms with Crippen LogP contribution in [0.4, 0.5) is 4.39 Å². The molecule has 126 valence electrons. The van der Waals surface area contributed by atoms with Crippen molar-refractivity contribution < 1.29 is 13.7 Å². The van der Waals surface area contributed by atoms with Crippen LogP contribution in [-0.2, 0) is 0 Å². The first-order valence-corrected chi connectivity index (χ1v) is 8.00. The number of amides is 1. The summed E-state index contributed by atoms with van der Waals surface area (Å²) in [5, 5.41) is 3.97. The molecule has 3 aromatic rings. The van der Waals surface area contributed by atoms with E-state index in [0.29, 0.717) is 36.1 Å². The molecule has 1 atom stereocenters. The highest BCUT2D eigenvalue weighted by Gasteiger charge is 2.31. The van der Waals surface area contributed by atoms with Crippen molar-refractivity contribution in [3.8, 4) is 11.5 Å². The second kappa shape index (κ2) is 6.43. The first-order chi connectivity index (χ1) is 12.2. The van der Waals surface area contributed by atoms with Gasteiger partial charge in [-0.05, 0) is 36.8 Å². The zero-order valence-corrected chi connectivity index (χ0v) is 13.3. The van der Waals surface area contributed by atoms with Crippen LogP contribution in [0.5, 0.6) is 0 Å². The largest absolute Gasteiger partial charge is 0.339 e. The maximum absolute atomic E-state index is 13.3. The number of aromatic nitrogens is 3. The summed E-state index contributed by atoms with van der Waals surface area (Å²) in [6.45, 7) is 1.04. The Morgan fingerprint density at radius 2 is 2.16 bits per heavy atom. The quantitative estimate of drug-likeness (QED) is 0.734. The van der Waals surface area contributed by atoms with E-state index in [9.17, 15) is 9.18 Å². The molecule has 1 aliphatic rings. The van der Waals surface area contributed by atoms with Crippen LogP contribution in [0, 0.1) is 5.82 Å². The monoisotopic (exact) mass is 338 g/mol. The zero-order valence-electron chi connectivity index (χ0n) is 13.3. The van der Waals surface area contributed by atoms with Crippen molar-refractivity contribution in [2.24, 2.45) is 0 Å². The van der Waals surface area contributed by atoms with Crippen LogP contribution < -0.4 is 0 Å². The fourth-order valence-corrected chi connectivity index (χ4v) is 2.95. The number of rotatable bonds is 3. The van der Waals surface area contributed by atoms with Gasteiger partial charge in [0.15, 0.2) is 0 Å². The zero-order chi connectivity index (χ0) is 17.2. The van der Waals surface area contributed by atoms with Crippen LogP contribution >= 0.6 is 0 Å². The molecule has 1 fully saturated rings. The number of benzene rings is 1. The van der Waals surface area contributed by atoms with E-state index in [0.717, 1.165) is 6.42 Å². The van der Waals surface area contributed by atoms with Crippen molar-refractivity contribution >= 4 is 5.91 Å². The van der Waals surface area contributed by atoms with E-state index in [1.54, 1.807) is 17.2 Å². The number of pyridine rings is 1. The average Bonchev–Trinajstić information content (AvgIpc) is 3.31. The molecule has 0 aliphatic carbocycles. The smallest absolute Gasteiger partial charge is 0.253 e. The van der Waals surface area contributed by atoms with E-state index in [-0.39, 0.29) is 11.8 Å². The normalized spacial score (nSPS) is 17.0. The molecule has 1 aromatic carbocycles. The van der Waals surface area contributed by atoms with Crippen LogP contribution in [-0.4, -0.2) is 39.0 Å². The van der Waals surface area contributed by atoms with Gasteiger partial charge in [0.2, 0.25) is 11.7 Å². The molecule has 25 heavy (non-hydrogen) atoms. The topological polar surface area (TPSA) is 72.1 Å². The molecule has 6 nitrogen and oxygen atoms in total. The van der Waals surface area contributed by atoms with Crippen molar-refractivity contribution in [3.63, 3.8) is 0 Å². The van der Waals surface area contributed by atoms with E-state index < -0.39 is 5.82 Å². The van der Waals surface area contributed by atoms with Gasteiger partial charge in [-0.1, -0.05) is 17.3 Å². The van der Waals surface area contributed by atoms with Gasteiger partial charge >= 0.3 is 0 Å². The number of carbonyl (C=O) groups is 1. The highest BCUT2D eigenvalue weighted by atomic mass is 19.1. The Balaban J connectivity index is 1.48. The molecule has 0 saturated carbocycles. The number of likely N-dealkylation sites (tertiary alicyclic amines) is 1. The SMILES string of the molecule is O=C(c1cccc(F)c1)N1CC[C@H](c2nc(-c3ccccn3)no2)C1. The van der Waals surface area contributed by atoms with Gasteiger partial charge in [0.1, 0.15) is 11.5 Å². The second-order valence-corrected chi connectivity index (χ2v) is 5.92. The molecule has 0 bridgehead atoms. The second-order valence-electron chi connectivity index (χ2n) is 5.92. The van der Waals surface area contributed by atoms with Crippen molar-refractivity contribution in [3.05, 3.63) is 65.9 Å². The third kappa shape index (κ3) is 3.13. The highest BCUT2D eigenvalue weighted by Crippen LogP contribution is 2.28. The van der Waals surface area contributed by atoms with Crippen molar-refractivity contribution in [1.29, 1.82) is 0 Å². The summed E-state index contributed by atoms with van der Waals surface area (Å²) in [4.78, 5) is 22.8. The minimum absolute atomic E-state index is 0.0255. The van der Waals surface area contributed by atoms with Gasteiger partial charge in [0, 0.05) is 24.8 Å². The van der Waals surface area contributed by atoms with Crippen LogP contribution in [0.1, 0.15) is 28.6 Å². The van der Waals surface area contributed by atoms with Gasteiger partial charge in [0.05, 0.1) is 5.92 Å². The van der Waals surface area contributed by atoms with Gasteiger partial charge in [-0.15, -0.1) is 0 Å². The molecule has 4 rings (SSSR count). The van der Waals surface area contributed by atoms with Gasteiger partial charge in [0.25, 0.3) is 5.91 Å². The van der Waals surface area contributed by atoms with Crippen molar-refractivity contribution in [2.75, 3.05) is 13.1 Å². The lowest BCUT2D eigenvalue weighted by molar-refractivity contribution is 0.0789. The predicted octanol–water partition coefficient (Wildman–Crippen LogP) is 2.90. The molecule has 0 N–H and O–H groups in total. The summed E-state index contributed by atoms with van der Waals surface area (Å²) in [6, 6.07) is 11.2. The third-order valence-electron chi connectivity index (χ3n) is 4.23. The summed E-state index contributed by atoms with van der Waals surface area (Å²) >= 11 is 0. The van der Waals surface area contributed by atoms with E-state index in [2.05, 4.69) is 15.1 Å². The minimum Gasteiger partial charge on any atom is -0.339 e. The van der Waals surface area contributed by atoms with Crippen LogP contribution in [0.3, 0.4) is 0 Å². The van der Waals surface area contributed by atoms with E-state index in [4.69, 9.17) is 4.52 Å². The summed E-state index contributed by atoms with van der Waals surface area (Å²) in [5.74, 6) is 0.299. The Hall–Kier alpha value is -3.09. The number of hydrogen-bond donors (Lipinski definition) is 0. The van der Waals surface area contributed by atoms with Gasteiger partial charge in [-0.3, -0.25) is 9.78 Å². The van der Waals surface area contributed by atoms with E-state index >= 15 is 0 Å². The fourth-order valence-electron chi connectivity index (χ4n) is 2.95. The van der Waals surface area contributed by atoms with Crippen LogP contribution in [0.2, 0.25) is 0 Å². The lowest BCUT2D eigenvalue weighted by atomic mass is 10.1. The molecule has 0 unspecified atom stereocenters. The molecular formula is C18H15FN4O2. The van der Waals surface area contributed by atoms with E-state index in [1.165, 1.54) is 18.2 Å². The Bertz CT molecular complexity index is 897. The summed E-state index contributed by atoms with van der Waals surface area (Å²) in [5.41, 5.74) is 0.989. The van der Waals surface area contributed by atoms with Crippen LogP contribution in [0.25, 0.3) is 11.5 Å². The van der Waals surface area contributed by atoms with Crippen molar-refractivity contribution in [2.45, 2.75) is 12.3 Å². The standard InChI is InChI=1S/C18H15FN4O2/c19-14-5-3-4-12(10-14)18(24)23-9-7-13(11-23)17-21-16(22-25-17)15-6-1-2-8-20-15/h1-6,8,10,13H,7,9,11H2/t13-/m0/s1. The first kappa shape index (κ1) is 15.4. The number of carbonyl (C=O) groups excluding carboxylic acids is 1. The molecule has 3 heterocycles. The Labute approximate surface area is 143 Å². The summed E-state index contributed by atoms with van der Waals surface area (Å²) in [6.07, 6.45) is 2.39. The maximum Gasteiger partial charge on any atom is 0.253 e. The Morgan fingerprint density at radius 1 is 1.24 bits per heavy atom. The average molecular weight is 338 g/mol. The highest BCUT2D eigenvalue weighted by molar-refractivity contribution is 5.94. The predicted molar refractivity (Wildman–Crippen MR) is 87.2 cm³/mol. The van der Waals surface area contributed by atoms with E-state index in [1.807, 2.05) is 18.2 Å². The number of hydrogen-bond acceptors (Lipinski definition) is 5. The molecule has 7 heteroatoms. The fraction of sp³-hybridized carbons (Fsp3) is 0.222. The lowest BCUT2D eigenvalue weighted by Crippen LogP contribution is -2.28. The number of nitrogens with zero attached hydrogens (tertiary/aromatic N) is 4. The van der Waals surface area contributed by atoms with Gasteiger partial charge in [-0.25, -0.2) is 4.39 Å². The lowest BCUT2D eigenvalue weighted by Gasteiger charge is -2.15. The first-order valence-electron chi connectivity index (χ1n) is 8.00. The molecule has 0 radical (unpaired) electrons. The summed E-state index contributed by atoms with van der Waals surface area (Å²) in [7, 11) is 0. The third-order valence-corrected chi connectivity index (χ3v) is 4.23. The maximum atomic E-state index is 13.3. The summed E-state index contributed by atoms with van der Waals surface area (Å²) < 4.78 is 18.7. The molecule has 1 saturated heterocycles. The molecule has 0 spiro atoms. The van der Waals surface area contributed by atoms with Crippen LogP contribution in [0.15, 0.2) is 53.2 Å². The minimum atomic E-state index is -0.418.